The molecule has 4 heteroatoms. The van der Waals surface area contributed by atoms with Crippen LogP contribution in [0.4, 0.5) is 8.78 Å². The van der Waals surface area contributed by atoms with Crippen LogP contribution < -0.4 is 4.74 Å². The predicted molar refractivity (Wildman–Crippen MR) is 56.9 cm³/mol. The molecule has 17 heavy (non-hydrogen) atoms. The molecule has 0 bridgehead atoms. The van der Waals surface area contributed by atoms with Gasteiger partial charge < -0.3 is 4.74 Å². The summed E-state index contributed by atoms with van der Waals surface area (Å²) in [5.41, 5.74) is 0.328. The van der Waals surface area contributed by atoms with Gasteiger partial charge in [0.1, 0.15) is 11.6 Å². The van der Waals surface area contributed by atoms with E-state index in [4.69, 9.17) is 4.74 Å². The number of carbonyl (C=O) groups is 1. The molecule has 0 amide bonds. The van der Waals surface area contributed by atoms with Crippen molar-refractivity contribution in [3.8, 4) is 5.75 Å². The summed E-state index contributed by atoms with van der Waals surface area (Å²) in [5, 5.41) is 0. The maximum Gasteiger partial charge on any atom is 0.165 e. The molecule has 1 aliphatic heterocycles. The molecule has 1 aromatic carbocycles. The van der Waals surface area contributed by atoms with Crippen molar-refractivity contribution in [2.75, 3.05) is 6.61 Å². The number of hydrogen-bond acceptors (Lipinski definition) is 2. The molecule has 3 rings (SSSR count). The normalized spacial score (nSPS) is 27.1. The lowest BCUT2D eigenvalue weighted by Crippen LogP contribution is -2.33. The summed E-state index contributed by atoms with van der Waals surface area (Å²) in [6, 6.07) is 2.22. The van der Waals surface area contributed by atoms with E-state index in [0.29, 0.717) is 31.4 Å². The van der Waals surface area contributed by atoms with E-state index in [1.54, 1.807) is 0 Å². The number of Topliss-reactive ketones (excluding diaryl/α,β-unsaturated/α-hetero) is 1. The number of hydrogen-bond donors (Lipinski definition) is 0. The van der Waals surface area contributed by atoms with E-state index in [0.717, 1.165) is 12.1 Å². The van der Waals surface area contributed by atoms with Crippen LogP contribution in [-0.4, -0.2) is 12.4 Å². The Morgan fingerprint density at radius 1 is 1.24 bits per heavy atom. The Morgan fingerprint density at radius 2 is 2.00 bits per heavy atom. The summed E-state index contributed by atoms with van der Waals surface area (Å²) in [6.45, 7) is 0.309. The van der Waals surface area contributed by atoms with Crippen LogP contribution in [0.15, 0.2) is 12.1 Å². The fourth-order valence-corrected chi connectivity index (χ4v) is 2.88. The van der Waals surface area contributed by atoms with Crippen LogP contribution in [0.1, 0.15) is 30.7 Å². The van der Waals surface area contributed by atoms with E-state index < -0.39 is 11.6 Å². The number of carbonyl (C=O) groups excluding carboxylic acids is 1. The summed E-state index contributed by atoms with van der Waals surface area (Å²) in [5.74, 6) is -0.787. The molecule has 0 aromatic heterocycles. The van der Waals surface area contributed by atoms with Gasteiger partial charge in [-0.15, -0.1) is 0 Å². The molecule has 0 saturated heterocycles. The van der Waals surface area contributed by atoms with E-state index in [-0.39, 0.29) is 23.4 Å². The number of ether oxygens (including phenoxy) is 1. The average Bonchev–Trinajstić information content (AvgIpc) is 2.32. The zero-order valence-electron chi connectivity index (χ0n) is 9.21. The Kier molecular flexibility index (Phi) is 2.38. The van der Waals surface area contributed by atoms with Crippen LogP contribution >= 0.6 is 0 Å². The maximum atomic E-state index is 13.8. The van der Waals surface area contributed by atoms with E-state index in [2.05, 4.69) is 0 Å². The van der Waals surface area contributed by atoms with Crippen LogP contribution in [-0.2, 0) is 4.79 Å². The minimum atomic E-state index is -0.517. The van der Waals surface area contributed by atoms with Crippen molar-refractivity contribution in [2.45, 2.75) is 25.2 Å². The van der Waals surface area contributed by atoms with Crippen molar-refractivity contribution in [1.29, 1.82) is 0 Å². The molecule has 1 saturated carbocycles. The lowest BCUT2D eigenvalue weighted by atomic mass is 9.73. The van der Waals surface area contributed by atoms with Gasteiger partial charge in [0.05, 0.1) is 6.61 Å². The van der Waals surface area contributed by atoms with Crippen molar-refractivity contribution < 1.29 is 18.3 Å². The summed E-state index contributed by atoms with van der Waals surface area (Å²) in [6.07, 6.45) is 1.47. The molecular weight excluding hydrogens is 226 g/mol. The Hall–Kier alpha value is -1.45. The van der Waals surface area contributed by atoms with Crippen molar-refractivity contribution in [1.82, 2.24) is 0 Å². The first-order valence-electron chi connectivity index (χ1n) is 5.79. The summed E-state index contributed by atoms with van der Waals surface area (Å²) < 4.78 is 32.6. The number of ketones is 1. The van der Waals surface area contributed by atoms with Gasteiger partial charge in [-0.3, -0.25) is 4.79 Å². The molecule has 0 radical (unpaired) electrons. The van der Waals surface area contributed by atoms with E-state index in [9.17, 15) is 13.6 Å². The highest BCUT2D eigenvalue weighted by molar-refractivity contribution is 5.80. The highest BCUT2D eigenvalue weighted by Crippen LogP contribution is 2.46. The zero-order chi connectivity index (χ0) is 12.0. The first kappa shape index (κ1) is 10.7. The number of rotatable bonds is 0. The number of fused-ring (bicyclic) bond motifs is 3. The lowest BCUT2D eigenvalue weighted by Gasteiger charge is -2.36. The van der Waals surface area contributed by atoms with Gasteiger partial charge in [-0.2, -0.15) is 0 Å². The molecule has 0 N–H and O–H groups in total. The summed E-state index contributed by atoms with van der Waals surface area (Å²) in [4.78, 5) is 11.4. The largest absolute Gasteiger partial charge is 0.490 e. The van der Waals surface area contributed by atoms with Crippen molar-refractivity contribution in [2.24, 2.45) is 5.92 Å². The fourth-order valence-electron chi connectivity index (χ4n) is 2.88. The van der Waals surface area contributed by atoms with Crippen molar-refractivity contribution >= 4 is 5.78 Å². The standard InChI is InChI=1S/C13H12F2O2/c14-10-3-4-11(15)13-12(10)9-2-1-8(16)5-7(9)6-17-13/h3-4,7,9H,1-2,5-6H2. The molecule has 1 aliphatic carbocycles. The second-order valence-corrected chi connectivity index (χ2v) is 4.73. The molecule has 1 fully saturated rings. The highest BCUT2D eigenvalue weighted by Gasteiger charge is 2.38. The molecule has 90 valence electrons. The monoisotopic (exact) mass is 238 g/mol. The third-order valence-electron chi connectivity index (χ3n) is 3.70. The highest BCUT2D eigenvalue weighted by atomic mass is 19.1. The predicted octanol–water partition coefficient (Wildman–Crippen LogP) is 2.81. The number of halogens is 2. The van der Waals surface area contributed by atoms with Crippen molar-refractivity contribution in [3.05, 3.63) is 29.3 Å². The van der Waals surface area contributed by atoms with Crippen LogP contribution in [0, 0.1) is 17.6 Å². The van der Waals surface area contributed by atoms with Crippen LogP contribution in [0.2, 0.25) is 0 Å². The third kappa shape index (κ3) is 1.63. The minimum Gasteiger partial charge on any atom is -0.490 e. The first-order chi connectivity index (χ1) is 8.16. The second-order valence-electron chi connectivity index (χ2n) is 4.73. The molecule has 2 aliphatic rings. The van der Waals surface area contributed by atoms with Gasteiger partial charge in [-0.1, -0.05) is 0 Å². The Labute approximate surface area is 97.6 Å². The SMILES string of the molecule is O=C1CCC2c3c(F)ccc(F)c3OCC2C1. The van der Waals surface area contributed by atoms with E-state index >= 15 is 0 Å². The average molecular weight is 238 g/mol. The van der Waals surface area contributed by atoms with Gasteiger partial charge in [-0.25, -0.2) is 8.78 Å². The Bertz CT molecular complexity index is 485. The van der Waals surface area contributed by atoms with Gasteiger partial charge in [-0.05, 0) is 24.5 Å². The smallest absolute Gasteiger partial charge is 0.165 e. The molecular formula is C13H12F2O2. The number of benzene rings is 1. The van der Waals surface area contributed by atoms with Crippen LogP contribution in [0.25, 0.3) is 0 Å². The Morgan fingerprint density at radius 3 is 2.82 bits per heavy atom. The molecule has 2 unspecified atom stereocenters. The zero-order valence-corrected chi connectivity index (χ0v) is 9.21. The third-order valence-corrected chi connectivity index (χ3v) is 3.70. The van der Waals surface area contributed by atoms with Gasteiger partial charge in [0.25, 0.3) is 0 Å². The lowest BCUT2D eigenvalue weighted by molar-refractivity contribution is -0.122. The summed E-state index contributed by atoms with van der Waals surface area (Å²) in [7, 11) is 0. The van der Waals surface area contributed by atoms with E-state index in [1.807, 2.05) is 0 Å². The fraction of sp³-hybridized carbons (Fsp3) is 0.462. The Balaban J connectivity index is 2.07. The molecule has 1 aromatic rings. The van der Waals surface area contributed by atoms with Gasteiger partial charge in [0, 0.05) is 24.3 Å². The first-order valence-corrected chi connectivity index (χ1v) is 5.79. The quantitative estimate of drug-likeness (QED) is 0.694. The molecule has 2 atom stereocenters. The second kappa shape index (κ2) is 3.79. The topological polar surface area (TPSA) is 26.3 Å². The van der Waals surface area contributed by atoms with Gasteiger partial charge >= 0.3 is 0 Å². The minimum absolute atomic E-state index is 0.0000463. The van der Waals surface area contributed by atoms with Crippen LogP contribution in [0.3, 0.4) is 0 Å². The van der Waals surface area contributed by atoms with Gasteiger partial charge in [0.2, 0.25) is 0 Å². The van der Waals surface area contributed by atoms with Crippen molar-refractivity contribution in [3.63, 3.8) is 0 Å². The van der Waals surface area contributed by atoms with Crippen LogP contribution in [0.5, 0.6) is 5.75 Å². The van der Waals surface area contributed by atoms with E-state index in [1.165, 1.54) is 0 Å². The molecule has 0 spiro atoms. The summed E-state index contributed by atoms with van der Waals surface area (Å²) >= 11 is 0. The molecule has 1 heterocycles. The van der Waals surface area contributed by atoms with Gasteiger partial charge in [0.15, 0.2) is 11.6 Å². The molecule has 2 nitrogen and oxygen atoms in total. The maximum absolute atomic E-state index is 13.8.